The van der Waals surface area contributed by atoms with E-state index in [9.17, 15) is 18.0 Å². The lowest BCUT2D eigenvalue weighted by atomic mass is 10.2. The molecule has 11 heteroatoms. The molecule has 1 N–H and O–H groups in total. The molecule has 0 bridgehead atoms. The van der Waals surface area contributed by atoms with Gasteiger partial charge in [0.1, 0.15) is 11.4 Å². The zero-order valence-corrected chi connectivity index (χ0v) is 17.9. The summed E-state index contributed by atoms with van der Waals surface area (Å²) in [6.45, 7) is 6.35. The van der Waals surface area contributed by atoms with Gasteiger partial charge in [0.25, 0.3) is 0 Å². The Bertz CT molecular complexity index is 1000. The Hall–Kier alpha value is -3.55. The maximum Gasteiger partial charge on any atom is 0.433 e. The van der Waals surface area contributed by atoms with Crippen molar-refractivity contribution < 1.29 is 22.7 Å². The van der Waals surface area contributed by atoms with E-state index < -0.39 is 23.6 Å². The Balaban J connectivity index is 1.78. The van der Waals surface area contributed by atoms with Crippen LogP contribution in [0.4, 0.5) is 35.4 Å². The Morgan fingerprint density at radius 2 is 1.72 bits per heavy atom. The minimum atomic E-state index is -4.66. The number of nitriles is 1. The molecule has 0 radical (unpaired) electrons. The number of hydrogen-bond acceptors (Lipinski definition) is 7. The summed E-state index contributed by atoms with van der Waals surface area (Å²) in [5.41, 5.74) is -0.799. The molecule has 0 saturated carbocycles. The van der Waals surface area contributed by atoms with Crippen molar-refractivity contribution in [1.82, 2.24) is 14.9 Å². The van der Waals surface area contributed by atoms with E-state index in [4.69, 9.17) is 10.00 Å². The number of amides is 1. The van der Waals surface area contributed by atoms with E-state index in [0.29, 0.717) is 11.3 Å². The molecule has 8 nitrogen and oxygen atoms in total. The molecule has 32 heavy (non-hydrogen) atoms. The molecule has 1 aliphatic rings. The second kappa shape index (κ2) is 8.90. The molecule has 2 aromatic rings. The van der Waals surface area contributed by atoms with Crippen LogP contribution >= 0.6 is 0 Å². The number of carbonyl (C=O) groups excluding carboxylic acids is 1. The summed E-state index contributed by atoms with van der Waals surface area (Å²) in [5.74, 6) is -0.110. The summed E-state index contributed by atoms with van der Waals surface area (Å²) in [4.78, 5) is 23.3. The number of alkyl halides is 3. The lowest BCUT2D eigenvalue weighted by Crippen LogP contribution is -2.50. The molecule has 1 amide bonds. The molecule has 1 aromatic heterocycles. The Kier molecular flexibility index (Phi) is 6.43. The van der Waals surface area contributed by atoms with Crippen molar-refractivity contribution in [2.45, 2.75) is 32.5 Å². The Morgan fingerprint density at radius 1 is 1.09 bits per heavy atom. The van der Waals surface area contributed by atoms with Crippen molar-refractivity contribution in [2.75, 3.05) is 36.4 Å². The van der Waals surface area contributed by atoms with Crippen molar-refractivity contribution in [3.05, 3.63) is 41.6 Å². The zero-order valence-electron chi connectivity index (χ0n) is 17.9. The summed E-state index contributed by atoms with van der Waals surface area (Å²) < 4.78 is 45.7. The average Bonchev–Trinajstić information content (AvgIpc) is 2.72. The number of hydrogen-bond donors (Lipinski definition) is 1. The van der Waals surface area contributed by atoms with E-state index in [1.54, 1.807) is 49.9 Å². The zero-order chi connectivity index (χ0) is 23.5. The van der Waals surface area contributed by atoms with Gasteiger partial charge in [0.15, 0.2) is 5.69 Å². The van der Waals surface area contributed by atoms with Crippen LogP contribution in [0.15, 0.2) is 30.3 Å². The standard InChI is InChI=1S/C21H23F3N6O2/c1-20(2,3)32-19(31)30-10-8-29(9-11-30)18-27-16(21(22,23)24)12-17(28-18)26-15-6-4-14(13-25)5-7-15/h4-7,12H,8-11H2,1-3H3,(H,26,27,28). The molecular weight excluding hydrogens is 425 g/mol. The molecule has 0 unspecified atom stereocenters. The van der Waals surface area contributed by atoms with Gasteiger partial charge in [-0.1, -0.05) is 0 Å². The van der Waals surface area contributed by atoms with Crippen LogP contribution < -0.4 is 10.2 Å². The van der Waals surface area contributed by atoms with Gasteiger partial charge in [0, 0.05) is 37.9 Å². The fourth-order valence-electron chi connectivity index (χ4n) is 2.98. The van der Waals surface area contributed by atoms with Gasteiger partial charge in [-0.2, -0.15) is 23.4 Å². The van der Waals surface area contributed by atoms with Gasteiger partial charge in [0.2, 0.25) is 5.95 Å². The summed E-state index contributed by atoms with van der Waals surface area (Å²) in [7, 11) is 0. The SMILES string of the molecule is CC(C)(C)OC(=O)N1CCN(c2nc(Nc3ccc(C#N)cc3)cc(C(F)(F)F)n2)CC1. The smallest absolute Gasteiger partial charge is 0.433 e. The number of halogens is 3. The number of anilines is 3. The summed E-state index contributed by atoms with van der Waals surface area (Å²) in [6, 6.07) is 9.06. The molecule has 0 spiro atoms. The van der Waals surface area contributed by atoms with Crippen LogP contribution in [0.5, 0.6) is 0 Å². The van der Waals surface area contributed by atoms with Crippen LogP contribution in [0.2, 0.25) is 0 Å². The number of aromatic nitrogens is 2. The van der Waals surface area contributed by atoms with Crippen molar-refractivity contribution >= 4 is 23.5 Å². The first-order valence-corrected chi connectivity index (χ1v) is 9.91. The number of rotatable bonds is 3. The van der Waals surface area contributed by atoms with E-state index in [-0.39, 0.29) is 37.9 Å². The van der Waals surface area contributed by atoms with Gasteiger partial charge in [0.05, 0.1) is 11.6 Å². The van der Waals surface area contributed by atoms with Crippen molar-refractivity contribution in [1.29, 1.82) is 5.26 Å². The normalized spacial score (nSPS) is 14.7. The van der Waals surface area contributed by atoms with Gasteiger partial charge in [-0.05, 0) is 45.0 Å². The van der Waals surface area contributed by atoms with E-state index >= 15 is 0 Å². The highest BCUT2D eigenvalue weighted by Crippen LogP contribution is 2.31. The maximum absolute atomic E-state index is 13.4. The van der Waals surface area contributed by atoms with Gasteiger partial charge >= 0.3 is 12.3 Å². The third-order valence-corrected chi connectivity index (χ3v) is 4.51. The number of ether oxygens (including phenoxy) is 1. The molecule has 3 rings (SSSR count). The lowest BCUT2D eigenvalue weighted by molar-refractivity contribution is -0.141. The summed E-state index contributed by atoms with van der Waals surface area (Å²) in [6.07, 6.45) is -5.12. The number of nitrogens with one attached hydrogen (secondary N) is 1. The van der Waals surface area contributed by atoms with Crippen LogP contribution in [0.1, 0.15) is 32.0 Å². The van der Waals surface area contributed by atoms with Gasteiger partial charge in [-0.3, -0.25) is 0 Å². The van der Waals surface area contributed by atoms with Crippen LogP contribution in [-0.4, -0.2) is 52.7 Å². The lowest BCUT2D eigenvalue weighted by Gasteiger charge is -2.35. The summed E-state index contributed by atoms with van der Waals surface area (Å²) in [5, 5.41) is 11.7. The molecule has 1 fully saturated rings. The second-order valence-electron chi connectivity index (χ2n) is 8.20. The second-order valence-corrected chi connectivity index (χ2v) is 8.20. The molecule has 1 aromatic carbocycles. The Morgan fingerprint density at radius 3 is 2.25 bits per heavy atom. The molecule has 0 atom stereocenters. The van der Waals surface area contributed by atoms with Crippen molar-refractivity contribution in [3.63, 3.8) is 0 Å². The molecule has 170 valence electrons. The van der Waals surface area contributed by atoms with Gasteiger partial charge in [-0.25, -0.2) is 9.78 Å². The van der Waals surface area contributed by atoms with Crippen molar-refractivity contribution in [3.8, 4) is 6.07 Å². The fraction of sp³-hybridized carbons (Fsp3) is 0.429. The molecule has 1 aliphatic heterocycles. The van der Waals surface area contributed by atoms with Crippen molar-refractivity contribution in [2.24, 2.45) is 0 Å². The largest absolute Gasteiger partial charge is 0.444 e. The van der Waals surface area contributed by atoms with Gasteiger partial charge in [-0.15, -0.1) is 0 Å². The fourth-order valence-corrected chi connectivity index (χ4v) is 2.98. The highest BCUT2D eigenvalue weighted by molar-refractivity contribution is 5.68. The number of carbonyl (C=O) groups is 1. The molecular formula is C21H23F3N6O2. The quantitative estimate of drug-likeness (QED) is 0.753. The molecule has 2 heterocycles. The molecule has 1 saturated heterocycles. The average molecular weight is 448 g/mol. The van der Waals surface area contributed by atoms with E-state index in [0.717, 1.165) is 6.07 Å². The summed E-state index contributed by atoms with van der Waals surface area (Å²) >= 11 is 0. The predicted molar refractivity (Wildman–Crippen MR) is 111 cm³/mol. The highest BCUT2D eigenvalue weighted by Gasteiger charge is 2.35. The number of nitrogens with zero attached hydrogens (tertiary/aromatic N) is 5. The molecule has 0 aliphatic carbocycles. The topological polar surface area (TPSA) is 94.4 Å². The minimum Gasteiger partial charge on any atom is -0.444 e. The third kappa shape index (κ3) is 6.00. The first-order chi connectivity index (χ1) is 14.9. The number of benzene rings is 1. The van der Waals surface area contributed by atoms with E-state index in [1.807, 2.05) is 6.07 Å². The van der Waals surface area contributed by atoms with Gasteiger partial charge < -0.3 is 19.9 Å². The van der Waals surface area contributed by atoms with E-state index in [2.05, 4.69) is 15.3 Å². The van der Waals surface area contributed by atoms with E-state index in [1.165, 1.54) is 4.90 Å². The van der Waals surface area contributed by atoms with Crippen LogP contribution in [0.3, 0.4) is 0 Å². The van der Waals surface area contributed by atoms with Crippen LogP contribution in [-0.2, 0) is 10.9 Å². The Labute approximate surface area is 183 Å². The van der Waals surface area contributed by atoms with Crippen LogP contribution in [0, 0.1) is 11.3 Å². The van der Waals surface area contributed by atoms with Crippen LogP contribution in [0.25, 0.3) is 0 Å². The predicted octanol–water partition coefficient (Wildman–Crippen LogP) is 4.17. The first kappa shape index (κ1) is 23.1. The first-order valence-electron chi connectivity index (χ1n) is 9.91. The number of piperazine rings is 1. The highest BCUT2D eigenvalue weighted by atomic mass is 19.4. The third-order valence-electron chi connectivity index (χ3n) is 4.51. The maximum atomic E-state index is 13.4. The monoisotopic (exact) mass is 448 g/mol. The minimum absolute atomic E-state index is 0.0263.